The van der Waals surface area contributed by atoms with Crippen LogP contribution >= 0.6 is 0 Å². The molecular formula is C22H27N3O5S. The maximum atomic E-state index is 13.2. The minimum absolute atomic E-state index is 0.0966. The van der Waals surface area contributed by atoms with Gasteiger partial charge in [-0.3, -0.25) is 9.59 Å². The molecule has 166 valence electrons. The monoisotopic (exact) mass is 445 g/mol. The van der Waals surface area contributed by atoms with Crippen molar-refractivity contribution in [2.45, 2.75) is 25.9 Å². The van der Waals surface area contributed by atoms with Crippen molar-refractivity contribution in [3.8, 4) is 5.75 Å². The highest BCUT2D eigenvalue weighted by atomic mass is 32.2. The minimum Gasteiger partial charge on any atom is -0.497 e. The SMILES string of the molecule is CCS(=O)(=O)N1Cc2ccccc2C[C@H]1C(=O)N(C)CC(=O)Nc1ccc(OC)cc1. The van der Waals surface area contributed by atoms with E-state index >= 15 is 0 Å². The van der Waals surface area contributed by atoms with Crippen molar-refractivity contribution < 1.29 is 22.7 Å². The van der Waals surface area contributed by atoms with Gasteiger partial charge in [0.1, 0.15) is 11.8 Å². The molecule has 9 heteroatoms. The Kier molecular flexibility index (Phi) is 6.97. The summed E-state index contributed by atoms with van der Waals surface area (Å²) in [6, 6.07) is 13.5. The van der Waals surface area contributed by atoms with Gasteiger partial charge in [-0.1, -0.05) is 24.3 Å². The molecule has 0 bridgehead atoms. The van der Waals surface area contributed by atoms with E-state index in [9.17, 15) is 18.0 Å². The second kappa shape index (κ2) is 9.49. The summed E-state index contributed by atoms with van der Waals surface area (Å²) in [6.45, 7) is 1.51. The molecule has 1 aliphatic rings. The fraction of sp³-hybridized carbons (Fsp3) is 0.364. The molecule has 0 aliphatic carbocycles. The number of hydrogen-bond donors (Lipinski definition) is 1. The highest BCUT2D eigenvalue weighted by molar-refractivity contribution is 7.89. The molecule has 0 spiro atoms. The molecule has 0 saturated heterocycles. The van der Waals surface area contributed by atoms with Gasteiger partial charge in [0.15, 0.2) is 0 Å². The first-order valence-corrected chi connectivity index (χ1v) is 11.6. The van der Waals surface area contributed by atoms with Crippen LogP contribution in [0.25, 0.3) is 0 Å². The summed E-state index contributed by atoms with van der Waals surface area (Å²) < 4.78 is 31.7. The maximum absolute atomic E-state index is 13.2. The van der Waals surface area contributed by atoms with E-state index in [0.717, 1.165) is 11.1 Å². The summed E-state index contributed by atoms with van der Waals surface area (Å²) in [7, 11) is -0.539. The summed E-state index contributed by atoms with van der Waals surface area (Å²) in [5.41, 5.74) is 2.41. The lowest BCUT2D eigenvalue weighted by Gasteiger charge is -2.36. The Morgan fingerprint density at radius 1 is 1.13 bits per heavy atom. The molecule has 0 saturated carbocycles. The minimum atomic E-state index is -3.60. The Hall–Kier alpha value is -2.91. The molecule has 0 radical (unpaired) electrons. The number of sulfonamides is 1. The number of likely N-dealkylation sites (N-methyl/N-ethyl adjacent to an activating group) is 1. The molecule has 2 aromatic carbocycles. The second-order valence-corrected chi connectivity index (χ2v) is 9.62. The molecular weight excluding hydrogens is 418 g/mol. The van der Waals surface area contributed by atoms with E-state index in [-0.39, 0.29) is 31.2 Å². The number of benzene rings is 2. The van der Waals surface area contributed by atoms with Crippen molar-refractivity contribution >= 4 is 27.5 Å². The fourth-order valence-corrected chi connectivity index (χ4v) is 4.81. The number of rotatable bonds is 7. The van der Waals surface area contributed by atoms with Crippen LogP contribution in [0, 0.1) is 0 Å². The third-order valence-electron chi connectivity index (χ3n) is 5.34. The number of methoxy groups -OCH3 is 1. The average Bonchev–Trinajstić information content (AvgIpc) is 2.78. The summed E-state index contributed by atoms with van der Waals surface area (Å²) in [6.07, 6.45) is 0.276. The highest BCUT2D eigenvalue weighted by Gasteiger charge is 2.39. The molecule has 1 N–H and O–H groups in total. The number of anilines is 1. The molecule has 2 aromatic rings. The molecule has 0 aromatic heterocycles. The molecule has 31 heavy (non-hydrogen) atoms. The number of carbonyl (C=O) groups is 2. The Balaban J connectivity index is 1.73. The molecule has 0 fully saturated rings. The molecule has 1 aliphatic heterocycles. The molecule has 2 amide bonds. The second-order valence-electron chi connectivity index (χ2n) is 7.41. The molecule has 1 atom stereocenters. The van der Waals surface area contributed by atoms with Crippen molar-refractivity contribution in [2.75, 3.05) is 31.8 Å². The van der Waals surface area contributed by atoms with Gasteiger partial charge in [0.25, 0.3) is 0 Å². The van der Waals surface area contributed by atoms with Gasteiger partial charge in [0, 0.05) is 19.3 Å². The molecule has 8 nitrogen and oxygen atoms in total. The van der Waals surface area contributed by atoms with Gasteiger partial charge in [-0.2, -0.15) is 4.31 Å². The van der Waals surface area contributed by atoms with Crippen molar-refractivity contribution in [3.05, 3.63) is 59.7 Å². The van der Waals surface area contributed by atoms with Crippen molar-refractivity contribution in [3.63, 3.8) is 0 Å². The summed E-state index contributed by atoms with van der Waals surface area (Å²) >= 11 is 0. The fourth-order valence-electron chi connectivity index (χ4n) is 3.59. The van der Waals surface area contributed by atoms with Crippen LogP contribution in [-0.2, 0) is 32.6 Å². The molecule has 1 heterocycles. The Labute approximate surface area is 182 Å². The van der Waals surface area contributed by atoms with Crippen LogP contribution in [0.1, 0.15) is 18.1 Å². The van der Waals surface area contributed by atoms with Gasteiger partial charge >= 0.3 is 0 Å². The zero-order valence-electron chi connectivity index (χ0n) is 17.9. The predicted molar refractivity (Wildman–Crippen MR) is 118 cm³/mol. The van der Waals surface area contributed by atoms with Crippen LogP contribution in [0.4, 0.5) is 5.69 Å². The first-order valence-electron chi connectivity index (χ1n) is 10.0. The van der Waals surface area contributed by atoms with Gasteiger partial charge in [-0.05, 0) is 48.7 Å². The Bertz CT molecular complexity index is 1050. The van der Waals surface area contributed by atoms with Crippen molar-refractivity contribution in [1.82, 2.24) is 9.21 Å². The standard InChI is InChI=1S/C22H27N3O5S/c1-4-31(28,29)25-14-17-8-6-5-7-16(17)13-20(25)22(27)24(2)15-21(26)23-18-9-11-19(30-3)12-10-18/h5-12,20H,4,13-15H2,1-3H3,(H,23,26)/t20-/m0/s1. The lowest BCUT2D eigenvalue weighted by molar-refractivity contribution is -0.137. The first kappa shape index (κ1) is 22.8. The Morgan fingerprint density at radius 3 is 2.39 bits per heavy atom. The van der Waals surface area contributed by atoms with Crippen LogP contribution in [0.3, 0.4) is 0 Å². The quantitative estimate of drug-likeness (QED) is 0.702. The number of ether oxygens (including phenoxy) is 1. The van der Waals surface area contributed by atoms with E-state index in [1.54, 1.807) is 38.3 Å². The zero-order valence-corrected chi connectivity index (χ0v) is 18.7. The summed E-state index contributed by atoms with van der Waals surface area (Å²) in [5, 5.41) is 2.73. The number of nitrogens with zero attached hydrogens (tertiary/aromatic N) is 2. The van der Waals surface area contributed by atoms with Crippen LogP contribution in [-0.4, -0.2) is 61.9 Å². The van der Waals surface area contributed by atoms with E-state index in [1.165, 1.54) is 16.3 Å². The summed E-state index contributed by atoms with van der Waals surface area (Å²) in [4.78, 5) is 26.9. The number of nitrogens with one attached hydrogen (secondary N) is 1. The molecule has 0 unspecified atom stereocenters. The normalized spacial score (nSPS) is 16.3. The maximum Gasteiger partial charge on any atom is 0.243 e. The first-order chi connectivity index (χ1) is 14.7. The van der Waals surface area contributed by atoms with Gasteiger partial charge < -0.3 is 15.0 Å². The van der Waals surface area contributed by atoms with Gasteiger partial charge in [-0.25, -0.2) is 8.42 Å². The van der Waals surface area contributed by atoms with E-state index in [2.05, 4.69) is 5.32 Å². The van der Waals surface area contributed by atoms with E-state index in [0.29, 0.717) is 11.4 Å². The van der Waals surface area contributed by atoms with Gasteiger partial charge in [0.2, 0.25) is 21.8 Å². The topological polar surface area (TPSA) is 96.0 Å². The van der Waals surface area contributed by atoms with Gasteiger partial charge in [-0.15, -0.1) is 0 Å². The van der Waals surface area contributed by atoms with Crippen LogP contribution in [0.15, 0.2) is 48.5 Å². The van der Waals surface area contributed by atoms with Crippen LogP contribution in [0.5, 0.6) is 5.75 Å². The van der Waals surface area contributed by atoms with Crippen LogP contribution < -0.4 is 10.1 Å². The summed E-state index contributed by atoms with van der Waals surface area (Å²) in [5.74, 6) is -0.209. The third-order valence-corrected chi connectivity index (χ3v) is 7.17. The smallest absolute Gasteiger partial charge is 0.243 e. The molecule has 3 rings (SSSR count). The van der Waals surface area contributed by atoms with Crippen molar-refractivity contribution in [2.24, 2.45) is 0 Å². The highest BCUT2D eigenvalue weighted by Crippen LogP contribution is 2.27. The van der Waals surface area contributed by atoms with E-state index in [4.69, 9.17) is 4.74 Å². The van der Waals surface area contributed by atoms with Crippen LogP contribution in [0.2, 0.25) is 0 Å². The number of hydrogen-bond acceptors (Lipinski definition) is 5. The lowest BCUT2D eigenvalue weighted by atomic mass is 9.95. The zero-order chi connectivity index (χ0) is 22.6. The number of fused-ring (bicyclic) bond motifs is 1. The predicted octanol–water partition coefficient (Wildman–Crippen LogP) is 1.87. The van der Waals surface area contributed by atoms with Gasteiger partial charge in [0.05, 0.1) is 19.4 Å². The third kappa shape index (κ3) is 5.23. The van der Waals surface area contributed by atoms with E-state index < -0.39 is 22.0 Å². The van der Waals surface area contributed by atoms with E-state index in [1.807, 2.05) is 24.3 Å². The largest absolute Gasteiger partial charge is 0.497 e. The van der Waals surface area contributed by atoms with Crippen molar-refractivity contribution in [1.29, 1.82) is 0 Å². The Morgan fingerprint density at radius 2 is 1.77 bits per heavy atom. The lowest BCUT2D eigenvalue weighted by Crippen LogP contribution is -2.54. The number of amides is 2. The average molecular weight is 446 g/mol. The number of carbonyl (C=O) groups excluding carboxylic acids is 2.